The first kappa shape index (κ1) is 14.8. The summed E-state index contributed by atoms with van der Waals surface area (Å²) < 4.78 is 5.28. The summed E-state index contributed by atoms with van der Waals surface area (Å²) in [6, 6.07) is -0.620. The summed E-state index contributed by atoms with van der Waals surface area (Å²) in [5, 5.41) is 0. The molecule has 1 unspecified atom stereocenters. The topological polar surface area (TPSA) is 98.7 Å². The molecular formula is C12H23N3O3. The van der Waals surface area contributed by atoms with Crippen LogP contribution >= 0.6 is 0 Å². The van der Waals surface area contributed by atoms with Crippen molar-refractivity contribution in [3.8, 4) is 0 Å². The first-order valence-corrected chi connectivity index (χ1v) is 6.23. The molecule has 0 spiro atoms. The zero-order valence-electron chi connectivity index (χ0n) is 11.3. The maximum absolute atomic E-state index is 11.8. The maximum Gasteiger partial charge on any atom is 0.410 e. The van der Waals surface area contributed by atoms with Crippen molar-refractivity contribution in [3.05, 3.63) is 0 Å². The molecule has 0 bridgehead atoms. The number of carbonyl (C=O) groups is 2. The Labute approximate surface area is 108 Å². The lowest BCUT2D eigenvalue weighted by molar-refractivity contribution is -0.120. The molecule has 1 aliphatic heterocycles. The molecule has 0 aromatic rings. The van der Waals surface area contributed by atoms with Crippen LogP contribution in [0, 0.1) is 5.92 Å². The lowest BCUT2D eigenvalue weighted by Gasteiger charge is -2.34. The molecule has 1 atom stereocenters. The first-order valence-electron chi connectivity index (χ1n) is 6.23. The van der Waals surface area contributed by atoms with E-state index in [1.807, 2.05) is 20.8 Å². The predicted octanol–water partition coefficient (Wildman–Crippen LogP) is 0.446. The van der Waals surface area contributed by atoms with Crippen LogP contribution in [-0.2, 0) is 9.53 Å². The molecule has 4 N–H and O–H groups in total. The van der Waals surface area contributed by atoms with Gasteiger partial charge in [0.15, 0.2) is 0 Å². The summed E-state index contributed by atoms with van der Waals surface area (Å²) in [6.07, 6.45) is 1.06. The van der Waals surface area contributed by atoms with Gasteiger partial charge in [-0.15, -0.1) is 0 Å². The van der Waals surface area contributed by atoms with Crippen LogP contribution in [0.2, 0.25) is 0 Å². The summed E-state index contributed by atoms with van der Waals surface area (Å²) in [5.74, 6) is -0.424. The highest BCUT2D eigenvalue weighted by molar-refractivity contribution is 5.80. The number of rotatable bonds is 2. The Morgan fingerprint density at radius 2 is 1.78 bits per heavy atom. The van der Waals surface area contributed by atoms with E-state index in [0.29, 0.717) is 25.9 Å². The van der Waals surface area contributed by atoms with E-state index in [2.05, 4.69) is 0 Å². The molecule has 0 aromatic carbocycles. The summed E-state index contributed by atoms with van der Waals surface area (Å²) in [7, 11) is 0. The number of carbonyl (C=O) groups excluding carboxylic acids is 2. The van der Waals surface area contributed by atoms with Gasteiger partial charge in [-0.05, 0) is 39.5 Å². The second-order valence-electron chi connectivity index (χ2n) is 5.73. The van der Waals surface area contributed by atoms with Crippen molar-refractivity contribution in [2.45, 2.75) is 45.3 Å². The Morgan fingerprint density at radius 3 is 2.17 bits per heavy atom. The third-order valence-electron chi connectivity index (χ3n) is 3.03. The molecule has 18 heavy (non-hydrogen) atoms. The summed E-state index contributed by atoms with van der Waals surface area (Å²) in [5.41, 5.74) is 10.4. The van der Waals surface area contributed by atoms with Crippen LogP contribution in [0.4, 0.5) is 4.79 Å². The van der Waals surface area contributed by atoms with Gasteiger partial charge in [0.1, 0.15) is 5.60 Å². The van der Waals surface area contributed by atoms with Gasteiger partial charge in [0.25, 0.3) is 0 Å². The number of likely N-dealkylation sites (tertiary alicyclic amines) is 1. The average molecular weight is 257 g/mol. The molecule has 0 radical (unpaired) electrons. The zero-order chi connectivity index (χ0) is 13.9. The van der Waals surface area contributed by atoms with Crippen LogP contribution in [-0.4, -0.2) is 41.6 Å². The molecule has 104 valence electrons. The lowest BCUT2D eigenvalue weighted by atomic mass is 9.90. The Hall–Kier alpha value is -1.30. The average Bonchev–Trinajstić information content (AvgIpc) is 2.26. The lowest BCUT2D eigenvalue weighted by Crippen LogP contribution is -2.49. The van der Waals surface area contributed by atoms with Gasteiger partial charge < -0.3 is 21.1 Å². The number of hydrogen-bond donors (Lipinski definition) is 2. The van der Waals surface area contributed by atoms with Crippen LogP contribution < -0.4 is 11.5 Å². The Morgan fingerprint density at radius 1 is 1.28 bits per heavy atom. The molecule has 0 saturated carbocycles. The van der Waals surface area contributed by atoms with Gasteiger partial charge >= 0.3 is 6.09 Å². The Balaban J connectivity index is 2.44. The second kappa shape index (κ2) is 5.56. The van der Waals surface area contributed by atoms with Crippen molar-refractivity contribution in [2.24, 2.45) is 17.4 Å². The van der Waals surface area contributed by atoms with E-state index in [0.717, 1.165) is 0 Å². The van der Waals surface area contributed by atoms with Crippen molar-refractivity contribution >= 4 is 12.0 Å². The molecule has 1 saturated heterocycles. The highest BCUT2D eigenvalue weighted by Crippen LogP contribution is 2.21. The largest absolute Gasteiger partial charge is 0.444 e. The normalized spacial score (nSPS) is 19.4. The van der Waals surface area contributed by atoms with E-state index in [9.17, 15) is 9.59 Å². The van der Waals surface area contributed by atoms with E-state index >= 15 is 0 Å². The summed E-state index contributed by atoms with van der Waals surface area (Å²) >= 11 is 0. The Kier molecular flexibility index (Phi) is 4.56. The standard InChI is InChI=1S/C12H23N3O3/c1-12(2,3)18-11(17)15-6-4-8(5-7-15)9(13)10(14)16/h8-9H,4-7,13H2,1-3H3,(H2,14,16). The number of nitrogens with zero attached hydrogens (tertiary/aromatic N) is 1. The number of hydrogen-bond acceptors (Lipinski definition) is 4. The number of primary amides is 1. The molecule has 1 aliphatic rings. The highest BCUT2D eigenvalue weighted by atomic mass is 16.6. The van der Waals surface area contributed by atoms with Gasteiger partial charge in [0, 0.05) is 13.1 Å². The summed E-state index contributed by atoms with van der Waals surface area (Å²) in [6.45, 7) is 6.61. The number of amides is 2. The van der Waals surface area contributed by atoms with E-state index in [1.165, 1.54) is 0 Å². The monoisotopic (exact) mass is 257 g/mol. The van der Waals surface area contributed by atoms with Gasteiger partial charge in [-0.1, -0.05) is 0 Å². The molecule has 1 heterocycles. The number of ether oxygens (including phenoxy) is 1. The van der Waals surface area contributed by atoms with E-state index < -0.39 is 17.6 Å². The maximum atomic E-state index is 11.8. The molecule has 2 amide bonds. The molecule has 0 aromatic heterocycles. The van der Waals surface area contributed by atoms with Gasteiger partial charge in [-0.25, -0.2) is 4.79 Å². The molecular weight excluding hydrogens is 234 g/mol. The van der Waals surface area contributed by atoms with E-state index in [4.69, 9.17) is 16.2 Å². The predicted molar refractivity (Wildman–Crippen MR) is 67.7 cm³/mol. The minimum Gasteiger partial charge on any atom is -0.444 e. The molecule has 0 aliphatic carbocycles. The fourth-order valence-corrected chi connectivity index (χ4v) is 2.00. The second-order valence-corrected chi connectivity index (χ2v) is 5.73. The van der Waals surface area contributed by atoms with Crippen molar-refractivity contribution in [1.82, 2.24) is 4.90 Å². The van der Waals surface area contributed by atoms with Crippen LogP contribution in [0.15, 0.2) is 0 Å². The molecule has 6 nitrogen and oxygen atoms in total. The third kappa shape index (κ3) is 4.18. The van der Waals surface area contributed by atoms with Crippen LogP contribution in [0.25, 0.3) is 0 Å². The number of piperidine rings is 1. The van der Waals surface area contributed by atoms with Crippen molar-refractivity contribution in [3.63, 3.8) is 0 Å². The zero-order valence-corrected chi connectivity index (χ0v) is 11.3. The molecule has 1 rings (SSSR count). The molecule has 6 heteroatoms. The quantitative estimate of drug-likeness (QED) is 0.750. The Bertz CT molecular complexity index is 317. The SMILES string of the molecule is CC(C)(C)OC(=O)N1CCC(C(N)C(N)=O)CC1. The van der Waals surface area contributed by atoms with Gasteiger partial charge in [-0.3, -0.25) is 4.79 Å². The fourth-order valence-electron chi connectivity index (χ4n) is 2.00. The van der Waals surface area contributed by atoms with Crippen LogP contribution in [0.3, 0.4) is 0 Å². The fraction of sp³-hybridized carbons (Fsp3) is 0.833. The molecule has 1 fully saturated rings. The van der Waals surface area contributed by atoms with Crippen LogP contribution in [0.5, 0.6) is 0 Å². The highest BCUT2D eigenvalue weighted by Gasteiger charge is 2.30. The van der Waals surface area contributed by atoms with Crippen LogP contribution in [0.1, 0.15) is 33.6 Å². The smallest absolute Gasteiger partial charge is 0.410 e. The van der Waals surface area contributed by atoms with E-state index in [-0.39, 0.29) is 12.0 Å². The van der Waals surface area contributed by atoms with Gasteiger partial charge in [0.2, 0.25) is 5.91 Å². The van der Waals surface area contributed by atoms with Crippen molar-refractivity contribution in [2.75, 3.05) is 13.1 Å². The minimum atomic E-state index is -0.620. The van der Waals surface area contributed by atoms with E-state index in [1.54, 1.807) is 4.90 Å². The minimum absolute atomic E-state index is 0.0567. The van der Waals surface area contributed by atoms with Gasteiger partial charge in [-0.2, -0.15) is 0 Å². The third-order valence-corrected chi connectivity index (χ3v) is 3.03. The van der Waals surface area contributed by atoms with Gasteiger partial charge in [0.05, 0.1) is 6.04 Å². The first-order chi connectivity index (χ1) is 8.20. The van der Waals surface area contributed by atoms with Crippen molar-refractivity contribution < 1.29 is 14.3 Å². The van der Waals surface area contributed by atoms with Crippen molar-refractivity contribution in [1.29, 1.82) is 0 Å². The summed E-state index contributed by atoms with van der Waals surface area (Å²) in [4.78, 5) is 24.4. The number of nitrogens with two attached hydrogens (primary N) is 2.